The quantitative estimate of drug-likeness (QED) is 0.686. The van der Waals surface area contributed by atoms with E-state index in [4.69, 9.17) is 5.73 Å². The number of benzene rings is 2. The highest BCUT2D eigenvalue weighted by atomic mass is 35.5. The van der Waals surface area contributed by atoms with Crippen LogP contribution in [0, 0.1) is 5.41 Å². The molecule has 0 heterocycles. The summed E-state index contributed by atoms with van der Waals surface area (Å²) < 4.78 is 0. The van der Waals surface area contributed by atoms with E-state index in [9.17, 15) is 9.59 Å². The highest BCUT2D eigenvalue weighted by Gasteiger charge is 2.20. The first-order valence-electron chi connectivity index (χ1n) is 9.72. The minimum Gasteiger partial charge on any atom is -0.352 e. The number of carbonyl (C=O) groups is 2. The van der Waals surface area contributed by atoms with Crippen molar-refractivity contribution >= 4 is 24.2 Å². The molecule has 2 aromatic carbocycles. The van der Waals surface area contributed by atoms with Crippen LogP contribution < -0.4 is 11.1 Å². The molecule has 6 heteroatoms. The maximum atomic E-state index is 13.0. The van der Waals surface area contributed by atoms with Crippen LogP contribution in [0.15, 0.2) is 54.6 Å². The molecular weight excluding hydrogens is 386 g/mol. The molecule has 0 fully saturated rings. The Balaban J connectivity index is 0.00000420. The Morgan fingerprint density at radius 3 is 2.14 bits per heavy atom. The van der Waals surface area contributed by atoms with Crippen molar-refractivity contribution in [3.63, 3.8) is 0 Å². The van der Waals surface area contributed by atoms with Crippen molar-refractivity contribution in [2.24, 2.45) is 11.1 Å². The molecule has 3 N–H and O–H groups in total. The van der Waals surface area contributed by atoms with Gasteiger partial charge in [0.1, 0.15) is 0 Å². The number of amides is 2. The van der Waals surface area contributed by atoms with Gasteiger partial charge in [0.15, 0.2) is 0 Å². The number of halogens is 1. The van der Waals surface area contributed by atoms with Crippen LogP contribution in [-0.4, -0.2) is 29.8 Å². The van der Waals surface area contributed by atoms with Gasteiger partial charge in [0.25, 0.3) is 5.91 Å². The molecule has 0 aliphatic carbocycles. The van der Waals surface area contributed by atoms with Crippen molar-refractivity contribution in [1.29, 1.82) is 0 Å². The maximum absolute atomic E-state index is 13.0. The summed E-state index contributed by atoms with van der Waals surface area (Å²) in [6.07, 6.45) is 0.759. The molecule has 158 valence electrons. The van der Waals surface area contributed by atoms with Crippen LogP contribution in [0.4, 0.5) is 0 Å². The van der Waals surface area contributed by atoms with Gasteiger partial charge < -0.3 is 16.0 Å². The molecule has 5 nitrogen and oxygen atoms in total. The Labute approximate surface area is 180 Å². The SMILES string of the molecule is CC(C)(C)C(=O)NCc1ccc(C(=O)N(CCCN)Cc2ccccc2)cc1.Cl. The zero-order valence-corrected chi connectivity index (χ0v) is 18.3. The summed E-state index contributed by atoms with van der Waals surface area (Å²) in [5, 5.41) is 2.92. The van der Waals surface area contributed by atoms with E-state index in [0.717, 1.165) is 17.5 Å². The first kappa shape index (κ1) is 24.7. The van der Waals surface area contributed by atoms with E-state index in [1.165, 1.54) is 0 Å². The van der Waals surface area contributed by atoms with E-state index in [1.807, 2.05) is 80.3 Å². The smallest absolute Gasteiger partial charge is 0.254 e. The fourth-order valence-electron chi connectivity index (χ4n) is 2.73. The fraction of sp³-hybridized carbons (Fsp3) is 0.391. The first-order valence-corrected chi connectivity index (χ1v) is 9.72. The zero-order valence-electron chi connectivity index (χ0n) is 17.5. The van der Waals surface area contributed by atoms with Crippen molar-refractivity contribution in [1.82, 2.24) is 10.2 Å². The Kier molecular flexibility index (Phi) is 9.86. The predicted molar refractivity (Wildman–Crippen MR) is 120 cm³/mol. The second-order valence-electron chi connectivity index (χ2n) is 7.98. The van der Waals surface area contributed by atoms with E-state index < -0.39 is 5.41 Å². The summed E-state index contributed by atoms with van der Waals surface area (Å²) in [6.45, 7) is 7.82. The Morgan fingerprint density at radius 2 is 1.59 bits per heavy atom. The molecule has 0 aromatic heterocycles. The van der Waals surface area contributed by atoms with Crippen LogP contribution in [-0.2, 0) is 17.9 Å². The van der Waals surface area contributed by atoms with Gasteiger partial charge in [0, 0.05) is 30.6 Å². The summed E-state index contributed by atoms with van der Waals surface area (Å²) in [5.41, 5.74) is 7.92. The van der Waals surface area contributed by atoms with E-state index in [1.54, 1.807) is 0 Å². The van der Waals surface area contributed by atoms with Gasteiger partial charge in [-0.15, -0.1) is 12.4 Å². The molecular formula is C23H32ClN3O2. The molecule has 0 bridgehead atoms. The van der Waals surface area contributed by atoms with E-state index in [2.05, 4.69) is 5.32 Å². The molecule has 2 amide bonds. The van der Waals surface area contributed by atoms with E-state index >= 15 is 0 Å². The van der Waals surface area contributed by atoms with Gasteiger partial charge in [0.05, 0.1) is 0 Å². The van der Waals surface area contributed by atoms with Gasteiger partial charge in [-0.1, -0.05) is 63.2 Å². The molecule has 0 aliphatic rings. The Bertz CT molecular complexity index is 771. The molecule has 0 saturated carbocycles. The highest BCUT2D eigenvalue weighted by molar-refractivity contribution is 5.94. The van der Waals surface area contributed by atoms with Crippen LogP contribution in [0.5, 0.6) is 0 Å². The molecule has 0 spiro atoms. The van der Waals surface area contributed by atoms with E-state index in [0.29, 0.717) is 31.7 Å². The fourth-order valence-corrected chi connectivity index (χ4v) is 2.73. The van der Waals surface area contributed by atoms with Crippen LogP contribution in [0.25, 0.3) is 0 Å². The number of rotatable bonds is 8. The Morgan fingerprint density at radius 1 is 0.966 bits per heavy atom. The van der Waals surface area contributed by atoms with Crippen molar-refractivity contribution in [2.75, 3.05) is 13.1 Å². The molecule has 29 heavy (non-hydrogen) atoms. The van der Waals surface area contributed by atoms with Crippen LogP contribution >= 0.6 is 12.4 Å². The summed E-state index contributed by atoms with van der Waals surface area (Å²) in [6, 6.07) is 17.4. The number of hydrogen-bond donors (Lipinski definition) is 2. The van der Waals surface area contributed by atoms with Crippen molar-refractivity contribution in [3.8, 4) is 0 Å². The highest BCUT2D eigenvalue weighted by Crippen LogP contribution is 2.14. The van der Waals surface area contributed by atoms with Crippen molar-refractivity contribution in [2.45, 2.75) is 40.3 Å². The number of nitrogens with two attached hydrogens (primary N) is 1. The molecule has 2 rings (SSSR count). The summed E-state index contributed by atoms with van der Waals surface area (Å²) in [4.78, 5) is 26.8. The molecule has 0 unspecified atom stereocenters. The average molecular weight is 418 g/mol. The number of nitrogens with one attached hydrogen (secondary N) is 1. The third-order valence-corrected chi connectivity index (χ3v) is 4.47. The van der Waals surface area contributed by atoms with Crippen LogP contribution in [0.1, 0.15) is 48.7 Å². The number of carbonyl (C=O) groups excluding carboxylic acids is 2. The lowest BCUT2D eigenvalue weighted by Crippen LogP contribution is -2.34. The second-order valence-corrected chi connectivity index (χ2v) is 7.98. The molecule has 0 atom stereocenters. The van der Waals surface area contributed by atoms with Crippen LogP contribution in [0.3, 0.4) is 0 Å². The lowest BCUT2D eigenvalue weighted by molar-refractivity contribution is -0.128. The lowest BCUT2D eigenvalue weighted by Gasteiger charge is -2.23. The normalized spacial score (nSPS) is 10.8. The van der Waals surface area contributed by atoms with Crippen molar-refractivity contribution < 1.29 is 9.59 Å². The maximum Gasteiger partial charge on any atom is 0.254 e. The molecule has 0 saturated heterocycles. The third kappa shape index (κ3) is 7.87. The molecule has 0 radical (unpaired) electrons. The minimum atomic E-state index is -0.420. The van der Waals surface area contributed by atoms with Gasteiger partial charge in [-0.3, -0.25) is 9.59 Å². The monoisotopic (exact) mass is 417 g/mol. The Hall–Kier alpha value is -2.37. The number of nitrogens with zero attached hydrogens (tertiary/aromatic N) is 1. The predicted octanol–water partition coefficient (Wildman–Crippen LogP) is 3.76. The second kappa shape index (κ2) is 11.6. The zero-order chi connectivity index (χ0) is 20.6. The summed E-state index contributed by atoms with van der Waals surface area (Å²) >= 11 is 0. The van der Waals surface area contributed by atoms with Gasteiger partial charge in [0.2, 0.25) is 5.91 Å². The molecule has 0 aliphatic heterocycles. The van der Waals surface area contributed by atoms with Gasteiger partial charge in [-0.05, 0) is 36.2 Å². The minimum absolute atomic E-state index is 0. The summed E-state index contributed by atoms with van der Waals surface area (Å²) in [5.74, 6) is -0.00828. The van der Waals surface area contributed by atoms with E-state index in [-0.39, 0.29) is 24.2 Å². The average Bonchev–Trinajstić information content (AvgIpc) is 2.69. The number of hydrogen-bond acceptors (Lipinski definition) is 3. The third-order valence-electron chi connectivity index (χ3n) is 4.47. The molecule has 2 aromatic rings. The summed E-state index contributed by atoms with van der Waals surface area (Å²) in [7, 11) is 0. The largest absolute Gasteiger partial charge is 0.352 e. The van der Waals surface area contributed by atoms with Crippen LogP contribution in [0.2, 0.25) is 0 Å². The van der Waals surface area contributed by atoms with Gasteiger partial charge in [-0.25, -0.2) is 0 Å². The van der Waals surface area contributed by atoms with Crippen molar-refractivity contribution in [3.05, 3.63) is 71.3 Å². The standard InChI is InChI=1S/C23H31N3O2.ClH/c1-23(2,3)22(28)25-16-18-10-12-20(13-11-18)21(27)26(15-7-14-24)17-19-8-5-4-6-9-19;/h4-6,8-13H,7,14-17,24H2,1-3H3,(H,25,28);1H. The van der Waals surface area contributed by atoms with Gasteiger partial charge in [-0.2, -0.15) is 0 Å². The van der Waals surface area contributed by atoms with Gasteiger partial charge >= 0.3 is 0 Å². The topological polar surface area (TPSA) is 75.4 Å². The first-order chi connectivity index (χ1) is 13.3. The lowest BCUT2D eigenvalue weighted by atomic mass is 9.95.